The molecule has 0 aliphatic carbocycles. The number of benzene rings is 1. The van der Waals surface area contributed by atoms with Gasteiger partial charge in [0.2, 0.25) is 0 Å². The maximum atomic E-state index is 12.2. The lowest BCUT2D eigenvalue weighted by molar-refractivity contribution is 0.00697. The summed E-state index contributed by atoms with van der Waals surface area (Å²) in [6, 6.07) is 7.12. The maximum absolute atomic E-state index is 12.2. The highest BCUT2D eigenvalue weighted by Gasteiger charge is 2.18. The molecular formula is C16H17N3O3. The van der Waals surface area contributed by atoms with E-state index >= 15 is 0 Å². The van der Waals surface area contributed by atoms with Gasteiger partial charge in [0.25, 0.3) is 0 Å². The van der Waals surface area contributed by atoms with Crippen LogP contribution in [0.15, 0.2) is 41.3 Å². The first-order valence-corrected chi connectivity index (χ1v) is 7.00. The van der Waals surface area contributed by atoms with E-state index in [2.05, 4.69) is 10.1 Å². The minimum atomic E-state index is -0.522. The fourth-order valence-electron chi connectivity index (χ4n) is 2.14. The lowest BCUT2D eigenvalue weighted by atomic mass is 10.1. The van der Waals surface area contributed by atoms with Gasteiger partial charge in [-0.2, -0.15) is 0 Å². The second-order valence-electron chi connectivity index (χ2n) is 6.06. The Hall–Kier alpha value is -2.63. The molecule has 3 rings (SSSR count). The molecule has 3 aromatic rings. The fraction of sp³-hybridized carbons (Fsp3) is 0.312. The quantitative estimate of drug-likeness (QED) is 0.695. The highest BCUT2D eigenvalue weighted by atomic mass is 16.6. The van der Waals surface area contributed by atoms with E-state index in [-0.39, 0.29) is 5.97 Å². The van der Waals surface area contributed by atoms with Gasteiger partial charge < -0.3 is 13.8 Å². The summed E-state index contributed by atoms with van der Waals surface area (Å²) in [6.45, 7) is 6.04. The Morgan fingerprint density at radius 1 is 1.32 bits per heavy atom. The molecule has 2 aromatic heterocycles. The zero-order chi connectivity index (χ0) is 15.7. The van der Waals surface area contributed by atoms with Crippen LogP contribution in [0.1, 0.15) is 36.9 Å². The van der Waals surface area contributed by atoms with E-state index in [1.807, 2.05) is 31.4 Å². The molecule has 0 radical (unpaired) electrons. The van der Waals surface area contributed by atoms with Crippen LogP contribution in [0.2, 0.25) is 0 Å². The van der Waals surface area contributed by atoms with Gasteiger partial charge >= 0.3 is 5.97 Å². The summed E-state index contributed by atoms with van der Waals surface area (Å²) in [5.74, 6) is 0.379. The normalized spacial score (nSPS) is 11.8. The molecule has 1 aromatic carbocycles. The Morgan fingerprint density at radius 3 is 2.82 bits per heavy atom. The van der Waals surface area contributed by atoms with Gasteiger partial charge in [-0.3, -0.25) is 0 Å². The smallest absolute Gasteiger partial charge is 0.338 e. The first-order valence-electron chi connectivity index (χ1n) is 7.00. The zero-order valence-corrected chi connectivity index (χ0v) is 12.7. The van der Waals surface area contributed by atoms with Crippen LogP contribution in [0, 0.1) is 0 Å². The second-order valence-corrected chi connectivity index (χ2v) is 6.06. The van der Waals surface area contributed by atoms with Crippen molar-refractivity contribution in [3.8, 4) is 0 Å². The standard InChI is InChI=1S/C16H17N3O3/c1-16(2,3)21-15(20)11-4-5-13-14(8-11)19(10-17-13)9-12-6-7-18-22-12/h4-8,10H,9H2,1-3H3. The summed E-state index contributed by atoms with van der Waals surface area (Å²) in [5, 5.41) is 3.69. The van der Waals surface area contributed by atoms with Gasteiger partial charge in [0, 0.05) is 6.07 Å². The van der Waals surface area contributed by atoms with Crippen LogP contribution < -0.4 is 0 Å². The molecule has 6 nitrogen and oxygen atoms in total. The summed E-state index contributed by atoms with van der Waals surface area (Å²) in [5.41, 5.74) is 1.64. The second kappa shape index (κ2) is 5.29. The van der Waals surface area contributed by atoms with Crippen LogP contribution in [0.3, 0.4) is 0 Å². The molecule has 0 spiro atoms. The van der Waals surface area contributed by atoms with Crippen LogP contribution >= 0.6 is 0 Å². The van der Waals surface area contributed by atoms with Gasteiger partial charge in [-0.25, -0.2) is 9.78 Å². The third-order valence-electron chi connectivity index (χ3n) is 3.07. The zero-order valence-electron chi connectivity index (χ0n) is 12.7. The molecule has 0 saturated carbocycles. The summed E-state index contributed by atoms with van der Waals surface area (Å²) in [7, 11) is 0. The topological polar surface area (TPSA) is 70.2 Å². The molecule has 0 atom stereocenters. The van der Waals surface area contributed by atoms with Crippen LogP contribution in [0.4, 0.5) is 0 Å². The first-order chi connectivity index (χ1) is 10.4. The van der Waals surface area contributed by atoms with E-state index in [0.717, 1.165) is 16.8 Å². The van der Waals surface area contributed by atoms with Gasteiger partial charge in [-0.15, -0.1) is 0 Å². The van der Waals surface area contributed by atoms with Crippen LogP contribution in [-0.2, 0) is 11.3 Å². The van der Waals surface area contributed by atoms with Gasteiger partial charge in [0.05, 0.1) is 35.7 Å². The predicted molar refractivity (Wildman–Crippen MR) is 80.5 cm³/mol. The van der Waals surface area contributed by atoms with Crippen molar-refractivity contribution < 1.29 is 14.1 Å². The molecule has 22 heavy (non-hydrogen) atoms. The minimum Gasteiger partial charge on any atom is -0.456 e. The number of hydrogen-bond donors (Lipinski definition) is 0. The van der Waals surface area contributed by atoms with Crippen LogP contribution in [0.5, 0.6) is 0 Å². The molecule has 114 valence electrons. The first kappa shape index (κ1) is 14.3. The lowest BCUT2D eigenvalue weighted by Gasteiger charge is -2.19. The molecule has 0 unspecified atom stereocenters. The van der Waals surface area contributed by atoms with E-state index in [4.69, 9.17) is 9.26 Å². The Bertz CT molecular complexity index is 798. The molecule has 0 amide bonds. The van der Waals surface area contributed by atoms with Gasteiger partial charge in [0.15, 0.2) is 5.76 Å². The molecule has 2 heterocycles. The highest BCUT2D eigenvalue weighted by Crippen LogP contribution is 2.19. The molecule has 0 aliphatic heterocycles. The van der Waals surface area contributed by atoms with Gasteiger partial charge in [-0.05, 0) is 39.0 Å². The number of fused-ring (bicyclic) bond motifs is 1. The molecule has 0 N–H and O–H groups in total. The number of aromatic nitrogens is 3. The molecule has 0 saturated heterocycles. The average molecular weight is 299 g/mol. The number of hydrogen-bond acceptors (Lipinski definition) is 5. The summed E-state index contributed by atoms with van der Waals surface area (Å²) in [6.07, 6.45) is 3.31. The van der Waals surface area contributed by atoms with Crippen molar-refractivity contribution in [1.82, 2.24) is 14.7 Å². The number of carbonyl (C=O) groups excluding carboxylic acids is 1. The van der Waals surface area contributed by atoms with Crippen LogP contribution in [0.25, 0.3) is 11.0 Å². The number of rotatable bonds is 3. The number of imidazole rings is 1. The molecule has 6 heteroatoms. The van der Waals surface area contributed by atoms with E-state index < -0.39 is 5.60 Å². The number of esters is 1. The summed E-state index contributed by atoms with van der Waals surface area (Å²) < 4.78 is 12.4. The van der Waals surface area contributed by atoms with E-state index in [1.165, 1.54) is 0 Å². The largest absolute Gasteiger partial charge is 0.456 e. The van der Waals surface area contributed by atoms with Crippen molar-refractivity contribution in [2.45, 2.75) is 32.9 Å². The predicted octanol–water partition coefficient (Wildman–Crippen LogP) is 3.03. The molecule has 0 fully saturated rings. The number of ether oxygens (including phenoxy) is 1. The van der Waals surface area contributed by atoms with E-state index in [0.29, 0.717) is 12.1 Å². The molecule has 0 aliphatic rings. The highest BCUT2D eigenvalue weighted by molar-refractivity contribution is 5.93. The number of carbonyl (C=O) groups is 1. The van der Waals surface area contributed by atoms with Crippen molar-refractivity contribution in [1.29, 1.82) is 0 Å². The van der Waals surface area contributed by atoms with Crippen molar-refractivity contribution in [3.05, 3.63) is 48.1 Å². The lowest BCUT2D eigenvalue weighted by Crippen LogP contribution is -2.23. The SMILES string of the molecule is CC(C)(C)OC(=O)c1ccc2ncn(Cc3ccno3)c2c1. The third kappa shape index (κ3) is 3.00. The third-order valence-corrected chi connectivity index (χ3v) is 3.07. The Kier molecular flexibility index (Phi) is 3.44. The van der Waals surface area contributed by atoms with E-state index in [9.17, 15) is 4.79 Å². The fourth-order valence-corrected chi connectivity index (χ4v) is 2.14. The summed E-state index contributed by atoms with van der Waals surface area (Å²) >= 11 is 0. The van der Waals surface area contributed by atoms with Crippen molar-refractivity contribution in [3.63, 3.8) is 0 Å². The Labute approximate surface area is 127 Å². The summed E-state index contributed by atoms with van der Waals surface area (Å²) in [4.78, 5) is 16.5. The Balaban J connectivity index is 1.93. The number of nitrogens with zero attached hydrogens (tertiary/aromatic N) is 3. The van der Waals surface area contributed by atoms with Crippen LogP contribution in [-0.4, -0.2) is 26.3 Å². The van der Waals surface area contributed by atoms with Gasteiger partial charge in [0.1, 0.15) is 5.60 Å². The molecular weight excluding hydrogens is 282 g/mol. The minimum absolute atomic E-state index is 0.346. The average Bonchev–Trinajstić information content (AvgIpc) is 3.07. The van der Waals surface area contributed by atoms with Crippen molar-refractivity contribution in [2.24, 2.45) is 0 Å². The van der Waals surface area contributed by atoms with E-state index in [1.54, 1.807) is 30.7 Å². The maximum Gasteiger partial charge on any atom is 0.338 e. The van der Waals surface area contributed by atoms with Crippen molar-refractivity contribution >= 4 is 17.0 Å². The molecule has 0 bridgehead atoms. The van der Waals surface area contributed by atoms with Gasteiger partial charge in [-0.1, -0.05) is 5.16 Å². The monoisotopic (exact) mass is 299 g/mol. The Morgan fingerprint density at radius 2 is 2.14 bits per heavy atom. The van der Waals surface area contributed by atoms with Crippen molar-refractivity contribution in [2.75, 3.05) is 0 Å².